The van der Waals surface area contributed by atoms with Gasteiger partial charge in [-0.2, -0.15) is 9.40 Å². The van der Waals surface area contributed by atoms with Crippen molar-refractivity contribution >= 4 is 15.9 Å². The zero-order valence-corrected chi connectivity index (χ0v) is 16.9. The number of aromatic amines is 1. The minimum absolute atomic E-state index is 0.0944. The van der Waals surface area contributed by atoms with Crippen molar-refractivity contribution in [3.63, 3.8) is 0 Å². The van der Waals surface area contributed by atoms with Gasteiger partial charge in [-0.3, -0.25) is 9.89 Å². The van der Waals surface area contributed by atoms with E-state index in [4.69, 9.17) is 4.42 Å². The van der Waals surface area contributed by atoms with Crippen LogP contribution in [-0.2, 0) is 10.0 Å². The van der Waals surface area contributed by atoms with Crippen LogP contribution in [0.4, 0.5) is 0 Å². The number of carbonyl (C=O) groups is 1. The highest BCUT2D eigenvalue weighted by Crippen LogP contribution is 2.30. The Morgan fingerprint density at radius 3 is 2.57 bits per heavy atom. The van der Waals surface area contributed by atoms with Crippen molar-refractivity contribution in [2.45, 2.75) is 44.1 Å². The van der Waals surface area contributed by atoms with Gasteiger partial charge in [0.05, 0.1) is 11.8 Å². The maximum atomic E-state index is 12.9. The van der Waals surface area contributed by atoms with Crippen LogP contribution in [0, 0.1) is 5.92 Å². The van der Waals surface area contributed by atoms with Crippen molar-refractivity contribution in [3.05, 3.63) is 23.9 Å². The van der Waals surface area contributed by atoms with E-state index in [9.17, 15) is 13.2 Å². The summed E-state index contributed by atoms with van der Waals surface area (Å²) in [5.41, 5.74) is 0.830. The van der Waals surface area contributed by atoms with Crippen LogP contribution in [-0.4, -0.2) is 59.9 Å². The maximum Gasteiger partial charge on any atom is 0.276 e. The number of hydrogen-bond acceptors (Lipinski definition) is 5. The Labute approximate surface area is 164 Å². The Hall–Kier alpha value is -2.13. The normalized spacial score (nSPS) is 19.8. The van der Waals surface area contributed by atoms with E-state index >= 15 is 0 Å². The molecule has 1 amide bonds. The van der Waals surface area contributed by atoms with E-state index in [1.807, 2.05) is 4.90 Å². The molecule has 4 rings (SSSR count). The number of nitrogens with one attached hydrogen (secondary N) is 1. The molecule has 9 heteroatoms. The Bertz CT molecular complexity index is 935. The second-order valence-corrected chi connectivity index (χ2v) is 9.59. The van der Waals surface area contributed by atoms with Gasteiger partial charge in [-0.15, -0.1) is 0 Å². The van der Waals surface area contributed by atoms with Gasteiger partial charge in [-0.1, -0.05) is 6.92 Å². The lowest BCUT2D eigenvalue weighted by Gasteiger charge is -2.28. The van der Waals surface area contributed by atoms with E-state index in [1.165, 1.54) is 16.6 Å². The molecule has 8 nitrogen and oxygen atoms in total. The molecule has 2 aliphatic heterocycles. The lowest BCUT2D eigenvalue weighted by Crippen LogP contribution is -2.37. The molecule has 0 bridgehead atoms. The highest BCUT2D eigenvalue weighted by atomic mass is 32.2. The van der Waals surface area contributed by atoms with Gasteiger partial charge < -0.3 is 9.32 Å². The third-order valence-electron chi connectivity index (χ3n) is 5.68. The number of likely N-dealkylation sites (tertiary alicyclic amines) is 1. The van der Waals surface area contributed by atoms with Crippen molar-refractivity contribution in [2.24, 2.45) is 5.92 Å². The fraction of sp³-hybridized carbons (Fsp3) is 0.579. The Balaban J connectivity index is 1.57. The maximum absolute atomic E-state index is 12.9. The summed E-state index contributed by atoms with van der Waals surface area (Å²) in [6.45, 7) is 4.60. The highest BCUT2D eigenvalue weighted by molar-refractivity contribution is 7.89. The van der Waals surface area contributed by atoms with Gasteiger partial charge in [0.1, 0.15) is 5.69 Å². The molecule has 4 heterocycles. The van der Waals surface area contributed by atoms with Crippen LogP contribution < -0.4 is 0 Å². The molecule has 0 saturated carbocycles. The predicted octanol–water partition coefficient (Wildman–Crippen LogP) is 2.72. The largest absolute Gasteiger partial charge is 0.442 e. The average Bonchev–Trinajstić information content (AvgIpc) is 3.38. The molecule has 0 aromatic carbocycles. The molecule has 0 radical (unpaired) electrons. The first kappa shape index (κ1) is 19.2. The van der Waals surface area contributed by atoms with Crippen LogP contribution in [0.3, 0.4) is 0 Å². The number of nitrogens with zero attached hydrogens (tertiary/aromatic N) is 3. The second kappa shape index (κ2) is 7.71. The molecule has 1 N–H and O–H groups in total. The van der Waals surface area contributed by atoms with Gasteiger partial charge in [-0.05, 0) is 50.2 Å². The first-order valence-corrected chi connectivity index (χ1v) is 11.3. The molecule has 2 fully saturated rings. The van der Waals surface area contributed by atoms with Crippen LogP contribution in [0.1, 0.15) is 49.4 Å². The summed E-state index contributed by atoms with van der Waals surface area (Å²) in [6, 6.07) is 3.04. The van der Waals surface area contributed by atoms with Crippen LogP contribution in [0.5, 0.6) is 0 Å². The summed E-state index contributed by atoms with van der Waals surface area (Å²) in [5.74, 6) is 0.739. The summed E-state index contributed by atoms with van der Waals surface area (Å²) in [7, 11) is -3.67. The third kappa shape index (κ3) is 3.60. The van der Waals surface area contributed by atoms with Gasteiger partial charge in [0.15, 0.2) is 5.76 Å². The minimum atomic E-state index is -3.67. The Morgan fingerprint density at radius 1 is 1.14 bits per heavy atom. The number of furan rings is 1. The molecular weight excluding hydrogens is 380 g/mol. The monoisotopic (exact) mass is 406 g/mol. The number of H-pyrrole nitrogens is 1. The van der Waals surface area contributed by atoms with Crippen molar-refractivity contribution in [1.82, 2.24) is 19.4 Å². The lowest BCUT2D eigenvalue weighted by molar-refractivity contribution is 0.0725. The summed E-state index contributed by atoms with van der Waals surface area (Å²) in [6.07, 6.45) is 6.31. The fourth-order valence-corrected chi connectivity index (χ4v) is 5.23. The van der Waals surface area contributed by atoms with E-state index in [2.05, 4.69) is 17.1 Å². The molecule has 2 aliphatic rings. The van der Waals surface area contributed by atoms with Crippen molar-refractivity contribution in [1.29, 1.82) is 0 Å². The van der Waals surface area contributed by atoms with E-state index in [1.54, 1.807) is 6.07 Å². The zero-order chi connectivity index (χ0) is 19.7. The number of piperidine rings is 2. The first-order chi connectivity index (χ1) is 13.5. The number of sulfonamides is 1. The van der Waals surface area contributed by atoms with E-state index in [0.29, 0.717) is 36.0 Å². The number of aromatic nitrogens is 2. The molecule has 2 aromatic heterocycles. The second-order valence-electron chi connectivity index (χ2n) is 7.72. The molecule has 2 aromatic rings. The summed E-state index contributed by atoms with van der Waals surface area (Å²) < 4.78 is 32.9. The lowest BCUT2D eigenvalue weighted by atomic mass is 10.0. The zero-order valence-electron chi connectivity index (χ0n) is 16.1. The van der Waals surface area contributed by atoms with Crippen molar-refractivity contribution < 1.29 is 17.6 Å². The molecule has 0 aliphatic carbocycles. The molecule has 0 spiro atoms. The quantitative estimate of drug-likeness (QED) is 0.842. The van der Waals surface area contributed by atoms with Crippen molar-refractivity contribution in [2.75, 3.05) is 26.2 Å². The van der Waals surface area contributed by atoms with Crippen LogP contribution in [0.15, 0.2) is 27.8 Å². The van der Waals surface area contributed by atoms with Crippen LogP contribution in [0.2, 0.25) is 0 Å². The minimum Gasteiger partial charge on any atom is -0.442 e. The number of amides is 1. The molecular formula is C19H26N4O4S. The van der Waals surface area contributed by atoms with Crippen molar-refractivity contribution in [3.8, 4) is 11.5 Å². The highest BCUT2D eigenvalue weighted by Gasteiger charge is 2.31. The topological polar surface area (TPSA) is 99.5 Å². The fourth-order valence-electron chi connectivity index (χ4n) is 3.85. The van der Waals surface area contributed by atoms with Crippen LogP contribution in [0.25, 0.3) is 11.5 Å². The SMILES string of the molecule is CC1CCN(S(=O)(=O)c2ccc(-c3[nH]ncc3C(=O)N3CCCCC3)o2)CC1. The molecule has 2 saturated heterocycles. The molecule has 0 unspecified atom stereocenters. The van der Waals surface area contributed by atoms with Gasteiger partial charge >= 0.3 is 0 Å². The smallest absolute Gasteiger partial charge is 0.276 e. The van der Waals surface area contributed by atoms with E-state index in [-0.39, 0.29) is 11.0 Å². The number of hydrogen-bond donors (Lipinski definition) is 1. The van der Waals surface area contributed by atoms with Gasteiger partial charge in [0.25, 0.3) is 15.9 Å². The summed E-state index contributed by atoms with van der Waals surface area (Å²) in [5, 5.41) is 6.69. The predicted molar refractivity (Wildman–Crippen MR) is 103 cm³/mol. The van der Waals surface area contributed by atoms with Gasteiger partial charge in [0.2, 0.25) is 5.09 Å². The molecule has 0 atom stereocenters. The number of rotatable bonds is 4. The van der Waals surface area contributed by atoms with Crippen LogP contribution >= 0.6 is 0 Å². The number of carbonyl (C=O) groups excluding carboxylic acids is 1. The Morgan fingerprint density at radius 2 is 1.86 bits per heavy atom. The van der Waals surface area contributed by atoms with E-state index < -0.39 is 10.0 Å². The first-order valence-electron chi connectivity index (χ1n) is 9.90. The molecule has 152 valence electrons. The van der Waals surface area contributed by atoms with Gasteiger partial charge in [-0.25, -0.2) is 8.42 Å². The standard InChI is InChI=1S/C19H26N4O4S/c1-14-7-11-23(12-8-14)28(25,26)17-6-5-16(27-17)18-15(13-20-21-18)19(24)22-9-3-2-4-10-22/h5-6,13-14H,2-4,7-12H2,1H3,(H,20,21). The molecule has 28 heavy (non-hydrogen) atoms. The van der Waals surface area contributed by atoms with E-state index in [0.717, 1.165) is 45.2 Å². The third-order valence-corrected chi connectivity index (χ3v) is 7.45. The Kier molecular flexibility index (Phi) is 5.29. The average molecular weight is 407 g/mol. The summed E-state index contributed by atoms with van der Waals surface area (Å²) in [4.78, 5) is 14.6. The summed E-state index contributed by atoms with van der Waals surface area (Å²) >= 11 is 0. The van der Waals surface area contributed by atoms with Gasteiger partial charge in [0, 0.05) is 26.2 Å².